The van der Waals surface area contributed by atoms with Gasteiger partial charge in [0.2, 0.25) is 5.91 Å². The van der Waals surface area contributed by atoms with Crippen molar-refractivity contribution in [1.29, 1.82) is 0 Å². The number of rotatable bonds is 4. The van der Waals surface area contributed by atoms with Crippen molar-refractivity contribution >= 4 is 17.8 Å². The number of Topliss-reactive ketones (excluding diaryl/α,β-unsaturated/α-hetero) is 1. The van der Waals surface area contributed by atoms with Crippen LogP contribution >= 0.6 is 0 Å². The Balaban J connectivity index is 2.10. The summed E-state index contributed by atoms with van der Waals surface area (Å²) >= 11 is 0. The zero-order chi connectivity index (χ0) is 18.6. The van der Waals surface area contributed by atoms with Crippen LogP contribution in [0, 0.1) is 0 Å². The third-order valence-electron chi connectivity index (χ3n) is 3.87. The molecule has 0 saturated carbocycles. The Morgan fingerprint density at radius 2 is 1.88 bits per heavy atom. The average molecular weight is 347 g/mol. The zero-order valence-electron chi connectivity index (χ0n) is 15.2. The number of hydrogen-bond donors (Lipinski definition) is 0. The number of carbonyl (C=O) groups is 3. The van der Waals surface area contributed by atoms with Crippen molar-refractivity contribution in [2.24, 2.45) is 0 Å². The molecule has 0 bridgehead atoms. The Labute approximate surface area is 148 Å². The van der Waals surface area contributed by atoms with E-state index >= 15 is 0 Å². The summed E-state index contributed by atoms with van der Waals surface area (Å²) in [6.45, 7) is 7.29. The molecular weight excluding hydrogens is 322 g/mol. The minimum atomic E-state index is -0.731. The van der Waals surface area contributed by atoms with Crippen molar-refractivity contribution in [3.63, 3.8) is 0 Å². The van der Waals surface area contributed by atoms with Crippen LogP contribution in [0.4, 0.5) is 4.79 Å². The molecule has 1 fully saturated rings. The molecule has 25 heavy (non-hydrogen) atoms. The summed E-state index contributed by atoms with van der Waals surface area (Å²) in [6.07, 6.45) is -1.41. The summed E-state index contributed by atoms with van der Waals surface area (Å²) in [6, 6.07) is 8.92. The SMILES string of the molecule is C[C@@H](OCc1ccccc1)C1CC(=O)CC(=O)N1C(=O)OC(C)(C)C. The smallest absolute Gasteiger partial charge is 0.417 e. The molecule has 0 aliphatic carbocycles. The van der Waals surface area contributed by atoms with Crippen LogP contribution in [0.1, 0.15) is 46.1 Å². The fourth-order valence-electron chi connectivity index (χ4n) is 2.67. The average Bonchev–Trinajstić information content (AvgIpc) is 2.51. The van der Waals surface area contributed by atoms with E-state index in [-0.39, 0.29) is 18.6 Å². The predicted molar refractivity (Wildman–Crippen MR) is 91.8 cm³/mol. The number of amides is 2. The van der Waals surface area contributed by atoms with Crippen LogP contribution in [0.25, 0.3) is 0 Å². The van der Waals surface area contributed by atoms with Gasteiger partial charge in [-0.1, -0.05) is 30.3 Å². The summed E-state index contributed by atoms with van der Waals surface area (Å²) < 4.78 is 11.1. The van der Waals surface area contributed by atoms with Crippen LogP contribution in [0.2, 0.25) is 0 Å². The van der Waals surface area contributed by atoms with Gasteiger partial charge in [0.1, 0.15) is 11.4 Å². The second-order valence-electron chi connectivity index (χ2n) is 7.23. The summed E-state index contributed by atoms with van der Waals surface area (Å²) in [7, 11) is 0. The van der Waals surface area contributed by atoms with E-state index in [0.29, 0.717) is 6.61 Å². The summed E-state index contributed by atoms with van der Waals surface area (Å²) in [5.41, 5.74) is 0.254. The number of benzene rings is 1. The Kier molecular flexibility index (Phi) is 5.95. The second-order valence-corrected chi connectivity index (χ2v) is 7.23. The molecule has 1 heterocycles. The molecule has 0 N–H and O–H groups in total. The molecule has 0 aromatic heterocycles. The Morgan fingerprint density at radius 3 is 2.48 bits per heavy atom. The highest BCUT2D eigenvalue weighted by molar-refractivity contribution is 6.06. The van der Waals surface area contributed by atoms with Gasteiger partial charge in [-0.25, -0.2) is 9.69 Å². The first-order chi connectivity index (χ1) is 11.7. The molecule has 6 heteroatoms. The number of likely N-dealkylation sites (tertiary alicyclic amines) is 1. The van der Waals surface area contributed by atoms with Crippen molar-refractivity contribution in [2.75, 3.05) is 0 Å². The molecule has 1 saturated heterocycles. The number of piperidine rings is 1. The number of hydrogen-bond acceptors (Lipinski definition) is 5. The fourth-order valence-corrected chi connectivity index (χ4v) is 2.67. The highest BCUT2D eigenvalue weighted by Crippen LogP contribution is 2.24. The van der Waals surface area contributed by atoms with E-state index in [4.69, 9.17) is 9.47 Å². The lowest BCUT2D eigenvalue weighted by atomic mass is 9.96. The van der Waals surface area contributed by atoms with Crippen LogP contribution in [0.5, 0.6) is 0 Å². The molecule has 0 radical (unpaired) electrons. The van der Waals surface area contributed by atoms with Crippen molar-refractivity contribution in [2.45, 2.75) is 64.9 Å². The molecule has 136 valence electrons. The largest absolute Gasteiger partial charge is 0.443 e. The van der Waals surface area contributed by atoms with Gasteiger partial charge in [0, 0.05) is 6.42 Å². The monoisotopic (exact) mass is 347 g/mol. The van der Waals surface area contributed by atoms with E-state index in [2.05, 4.69) is 0 Å². The van der Waals surface area contributed by atoms with Crippen LogP contribution in [0.15, 0.2) is 30.3 Å². The predicted octanol–water partition coefficient (Wildman–Crippen LogP) is 3.09. The van der Waals surface area contributed by atoms with Crippen molar-refractivity contribution in [1.82, 2.24) is 4.90 Å². The van der Waals surface area contributed by atoms with Crippen LogP contribution in [-0.4, -0.2) is 40.4 Å². The normalized spacial score (nSPS) is 19.7. The van der Waals surface area contributed by atoms with Gasteiger partial charge in [0.15, 0.2) is 0 Å². The Morgan fingerprint density at radius 1 is 1.24 bits per heavy atom. The molecule has 1 aliphatic heterocycles. The molecular formula is C19H25NO5. The lowest BCUT2D eigenvalue weighted by molar-refractivity contribution is -0.146. The molecule has 0 spiro atoms. The maximum atomic E-state index is 12.4. The summed E-state index contributed by atoms with van der Waals surface area (Å²) in [4.78, 5) is 37.6. The van der Waals surface area contributed by atoms with Gasteiger partial charge in [-0.15, -0.1) is 0 Å². The lowest BCUT2D eigenvalue weighted by Crippen LogP contribution is -2.55. The number of carbonyl (C=O) groups excluding carboxylic acids is 3. The van der Waals surface area contributed by atoms with Gasteiger partial charge < -0.3 is 9.47 Å². The molecule has 6 nitrogen and oxygen atoms in total. The number of nitrogens with zero attached hydrogens (tertiary/aromatic N) is 1. The quantitative estimate of drug-likeness (QED) is 0.783. The van der Waals surface area contributed by atoms with E-state index in [0.717, 1.165) is 10.5 Å². The van der Waals surface area contributed by atoms with Crippen LogP contribution in [-0.2, 0) is 25.7 Å². The first kappa shape index (κ1) is 19.1. The highest BCUT2D eigenvalue weighted by atomic mass is 16.6. The number of ether oxygens (including phenoxy) is 2. The van der Waals surface area contributed by atoms with E-state index in [1.54, 1.807) is 27.7 Å². The van der Waals surface area contributed by atoms with Gasteiger partial charge in [0.25, 0.3) is 0 Å². The van der Waals surface area contributed by atoms with Gasteiger partial charge in [-0.3, -0.25) is 9.59 Å². The summed E-state index contributed by atoms with van der Waals surface area (Å²) in [5, 5.41) is 0. The highest BCUT2D eigenvalue weighted by Gasteiger charge is 2.42. The molecule has 1 aromatic carbocycles. The second kappa shape index (κ2) is 7.78. The molecule has 1 aromatic rings. The van der Waals surface area contributed by atoms with Gasteiger partial charge >= 0.3 is 6.09 Å². The zero-order valence-corrected chi connectivity index (χ0v) is 15.2. The Bertz CT molecular complexity index is 635. The van der Waals surface area contributed by atoms with Crippen LogP contribution < -0.4 is 0 Å². The molecule has 1 aliphatic rings. The molecule has 2 amide bonds. The van der Waals surface area contributed by atoms with E-state index < -0.39 is 29.7 Å². The molecule has 2 atom stereocenters. The Hall–Kier alpha value is -2.21. The van der Waals surface area contributed by atoms with E-state index in [9.17, 15) is 14.4 Å². The van der Waals surface area contributed by atoms with Gasteiger partial charge in [-0.05, 0) is 33.3 Å². The van der Waals surface area contributed by atoms with E-state index in [1.165, 1.54) is 0 Å². The number of ketones is 1. The van der Waals surface area contributed by atoms with Crippen LogP contribution in [0.3, 0.4) is 0 Å². The standard InChI is InChI=1S/C19H25NO5/c1-13(24-12-14-8-6-5-7-9-14)16-10-15(21)11-17(22)20(16)18(23)25-19(2,3)4/h5-9,13,16H,10-12H2,1-4H3/t13-,16?/m1/s1. The summed E-state index contributed by atoms with van der Waals surface area (Å²) in [5.74, 6) is -0.726. The van der Waals surface area contributed by atoms with Crippen molar-refractivity contribution in [3.05, 3.63) is 35.9 Å². The minimum absolute atomic E-state index is 0.0843. The lowest BCUT2D eigenvalue weighted by Gasteiger charge is -2.37. The van der Waals surface area contributed by atoms with E-state index in [1.807, 2.05) is 30.3 Å². The minimum Gasteiger partial charge on any atom is -0.443 e. The third-order valence-corrected chi connectivity index (χ3v) is 3.87. The van der Waals surface area contributed by atoms with Crippen molar-refractivity contribution < 1.29 is 23.9 Å². The number of imide groups is 1. The maximum Gasteiger partial charge on any atom is 0.417 e. The van der Waals surface area contributed by atoms with Crippen molar-refractivity contribution in [3.8, 4) is 0 Å². The first-order valence-corrected chi connectivity index (χ1v) is 8.39. The topological polar surface area (TPSA) is 72.9 Å². The molecule has 2 rings (SSSR count). The third kappa shape index (κ3) is 5.39. The molecule has 1 unspecified atom stereocenters. The van der Waals surface area contributed by atoms with Gasteiger partial charge in [0.05, 0.1) is 25.2 Å². The fraction of sp³-hybridized carbons (Fsp3) is 0.526. The maximum absolute atomic E-state index is 12.4. The first-order valence-electron chi connectivity index (χ1n) is 8.39. The van der Waals surface area contributed by atoms with Gasteiger partial charge in [-0.2, -0.15) is 0 Å².